The SMILES string of the molecule is CCCn1ncc(OC)c1C1(O)CCCOC1. The largest absolute Gasteiger partial charge is 0.493 e. The zero-order valence-electron chi connectivity index (χ0n) is 10.5. The monoisotopic (exact) mass is 240 g/mol. The fourth-order valence-electron chi connectivity index (χ4n) is 2.34. The average Bonchev–Trinajstić information content (AvgIpc) is 2.74. The molecule has 1 aliphatic heterocycles. The Labute approximate surface area is 101 Å². The number of hydrogen-bond donors (Lipinski definition) is 1. The van der Waals surface area contributed by atoms with Crippen LogP contribution in [0.4, 0.5) is 0 Å². The highest BCUT2D eigenvalue weighted by atomic mass is 16.5. The second kappa shape index (κ2) is 5.06. The van der Waals surface area contributed by atoms with Gasteiger partial charge in [-0.15, -0.1) is 0 Å². The standard InChI is InChI=1S/C12H20N2O3/c1-3-6-14-11(10(16-2)8-13-14)12(15)5-4-7-17-9-12/h8,15H,3-7,9H2,1-2H3. The first-order chi connectivity index (χ1) is 8.21. The number of aryl methyl sites for hydroxylation is 1. The smallest absolute Gasteiger partial charge is 0.163 e. The number of nitrogens with zero attached hydrogens (tertiary/aromatic N) is 2. The molecule has 0 saturated carbocycles. The van der Waals surface area contributed by atoms with Crippen LogP contribution in [-0.4, -0.2) is 35.2 Å². The van der Waals surface area contributed by atoms with Gasteiger partial charge in [0.05, 0.1) is 19.9 Å². The lowest BCUT2D eigenvalue weighted by atomic mass is 9.92. The first-order valence-corrected chi connectivity index (χ1v) is 6.11. The van der Waals surface area contributed by atoms with Crippen LogP contribution in [0.3, 0.4) is 0 Å². The zero-order chi connectivity index (χ0) is 12.3. The summed E-state index contributed by atoms with van der Waals surface area (Å²) >= 11 is 0. The third kappa shape index (κ3) is 2.30. The van der Waals surface area contributed by atoms with Crippen molar-refractivity contribution in [3.05, 3.63) is 11.9 Å². The summed E-state index contributed by atoms with van der Waals surface area (Å²) in [4.78, 5) is 0. The molecule has 5 nitrogen and oxygen atoms in total. The molecule has 1 N–H and O–H groups in total. The van der Waals surface area contributed by atoms with Crippen molar-refractivity contribution in [1.29, 1.82) is 0 Å². The number of aromatic nitrogens is 2. The molecule has 1 unspecified atom stereocenters. The van der Waals surface area contributed by atoms with Crippen LogP contribution in [0.15, 0.2) is 6.20 Å². The van der Waals surface area contributed by atoms with Crippen LogP contribution in [0.2, 0.25) is 0 Å². The highest BCUT2D eigenvalue weighted by Crippen LogP contribution is 2.36. The van der Waals surface area contributed by atoms with Gasteiger partial charge >= 0.3 is 0 Å². The fraction of sp³-hybridized carbons (Fsp3) is 0.750. The van der Waals surface area contributed by atoms with E-state index in [4.69, 9.17) is 9.47 Å². The predicted octanol–water partition coefficient (Wildman–Crippen LogP) is 1.30. The zero-order valence-corrected chi connectivity index (χ0v) is 10.5. The summed E-state index contributed by atoms with van der Waals surface area (Å²) in [6.45, 7) is 3.89. The van der Waals surface area contributed by atoms with Crippen LogP contribution >= 0.6 is 0 Å². The Balaban J connectivity index is 2.36. The van der Waals surface area contributed by atoms with Gasteiger partial charge in [0.15, 0.2) is 5.75 Å². The first kappa shape index (κ1) is 12.4. The Morgan fingerprint density at radius 1 is 1.65 bits per heavy atom. The second-order valence-electron chi connectivity index (χ2n) is 4.47. The van der Waals surface area contributed by atoms with Gasteiger partial charge in [-0.25, -0.2) is 0 Å². The van der Waals surface area contributed by atoms with Crippen molar-refractivity contribution in [2.45, 2.75) is 38.3 Å². The maximum absolute atomic E-state index is 10.7. The number of ether oxygens (including phenoxy) is 2. The highest BCUT2D eigenvalue weighted by molar-refractivity contribution is 5.31. The van der Waals surface area contributed by atoms with Crippen molar-refractivity contribution in [2.24, 2.45) is 0 Å². The van der Waals surface area contributed by atoms with Crippen LogP contribution in [0, 0.1) is 0 Å². The third-order valence-corrected chi connectivity index (χ3v) is 3.12. The van der Waals surface area contributed by atoms with E-state index in [-0.39, 0.29) is 0 Å². The summed E-state index contributed by atoms with van der Waals surface area (Å²) in [5.74, 6) is 0.645. The number of methoxy groups -OCH3 is 1. The van der Waals surface area contributed by atoms with Crippen LogP contribution in [-0.2, 0) is 16.9 Å². The highest BCUT2D eigenvalue weighted by Gasteiger charge is 2.38. The molecule has 1 atom stereocenters. The lowest BCUT2D eigenvalue weighted by Gasteiger charge is -2.32. The van der Waals surface area contributed by atoms with E-state index >= 15 is 0 Å². The molecule has 17 heavy (non-hydrogen) atoms. The minimum atomic E-state index is -0.963. The third-order valence-electron chi connectivity index (χ3n) is 3.12. The molecule has 1 aromatic heterocycles. The summed E-state index contributed by atoms with van der Waals surface area (Å²) in [5.41, 5.74) is -0.212. The second-order valence-corrected chi connectivity index (χ2v) is 4.47. The Morgan fingerprint density at radius 3 is 3.06 bits per heavy atom. The van der Waals surface area contributed by atoms with Gasteiger partial charge in [-0.05, 0) is 19.3 Å². The molecular formula is C12H20N2O3. The van der Waals surface area contributed by atoms with Gasteiger partial charge in [0.1, 0.15) is 11.3 Å². The minimum absolute atomic E-state index is 0.318. The Bertz CT molecular complexity index is 370. The van der Waals surface area contributed by atoms with E-state index in [1.165, 1.54) is 0 Å². The number of hydrogen-bond acceptors (Lipinski definition) is 4. The minimum Gasteiger partial charge on any atom is -0.493 e. The summed E-state index contributed by atoms with van der Waals surface area (Å²) in [5, 5.41) is 15.0. The quantitative estimate of drug-likeness (QED) is 0.862. The molecular weight excluding hydrogens is 220 g/mol. The first-order valence-electron chi connectivity index (χ1n) is 6.11. The van der Waals surface area contributed by atoms with Crippen molar-refractivity contribution in [2.75, 3.05) is 20.3 Å². The van der Waals surface area contributed by atoms with E-state index in [1.54, 1.807) is 13.3 Å². The van der Waals surface area contributed by atoms with Gasteiger partial charge in [-0.1, -0.05) is 6.92 Å². The molecule has 1 fully saturated rings. The maximum atomic E-state index is 10.7. The van der Waals surface area contributed by atoms with Gasteiger partial charge in [0.2, 0.25) is 0 Å². The fourth-order valence-corrected chi connectivity index (χ4v) is 2.34. The maximum Gasteiger partial charge on any atom is 0.163 e. The molecule has 2 rings (SSSR count). The molecule has 1 aliphatic rings. The van der Waals surface area contributed by atoms with E-state index in [0.29, 0.717) is 25.4 Å². The van der Waals surface area contributed by atoms with E-state index in [2.05, 4.69) is 12.0 Å². The van der Waals surface area contributed by atoms with Crippen molar-refractivity contribution in [3.8, 4) is 5.75 Å². The van der Waals surface area contributed by atoms with Crippen molar-refractivity contribution >= 4 is 0 Å². The topological polar surface area (TPSA) is 56.5 Å². The molecule has 2 heterocycles. The molecule has 0 bridgehead atoms. The van der Waals surface area contributed by atoms with Crippen LogP contribution in [0.25, 0.3) is 0 Å². The van der Waals surface area contributed by atoms with Crippen LogP contribution in [0.5, 0.6) is 5.75 Å². The molecule has 0 amide bonds. The molecule has 1 aromatic rings. The summed E-state index contributed by atoms with van der Waals surface area (Å²) < 4.78 is 12.5. The Hall–Kier alpha value is -1.07. The average molecular weight is 240 g/mol. The van der Waals surface area contributed by atoms with Crippen LogP contribution in [0.1, 0.15) is 31.9 Å². The van der Waals surface area contributed by atoms with Gasteiger partial charge in [-0.2, -0.15) is 5.10 Å². The molecule has 5 heteroatoms. The van der Waals surface area contributed by atoms with E-state index in [9.17, 15) is 5.11 Å². The number of rotatable bonds is 4. The molecule has 0 aliphatic carbocycles. The van der Waals surface area contributed by atoms with E-state index < -0.39 is 5.60 Å². The molecule has 1 saturated heterocycles. The molecule has 0 radical (unpaired) electrons. The van der Waals surface area contributed by atoms with Crippen molar-refractivity contribution < 1.29 is 14.6 Å². The Kier molecular flexibility index (Phi) is 3.69. The van der Waals surface area contributed by atoms with Gasteiger partial charge in [0.25, 0.3) is 0 Å². The lowest BCUT2D eigenvalue weighted by molar-refractivity contribution is -0.0961. The predicted molar refractivity (Wildman–Crippen MR) is 63.0 cm³/mol. The van der Waals surface area contributed by atoms with Gasteiger partial charge < -0.3 is 14.6 Å². The lowest BCUT2D eigenvalue weighted by Crippen LogP contribution is -2.38. The van der Waals surface area contributed by atoms with Crippen molar-refractivity contribution in [1.82, 2.24) is 9.78 Å². The summed E-state index contributed by atoms with van der Waals surface area (Å²) in [7, 11) is 1.60. The Morgan fingerprint density at radius 2 is 2.47 bits per heavy atom. The van der Waals surface area contributed by atoms with E-state index in [0.717, 1.165) is 25.1 Å². The molecule has 0 aromatic carbocycles. The van der Waals surface area contributed by atoms with Crippen LogP contribution < -0.4 is 4.74 Å². The van der Waals surface area contributed by atoms with Crippen molar-refractivity contribution in [3.63, 3.8) is 0 Å². The summed E-state index contributed by atoms with van der Waals surface area (Å²) in [6, 6.07) is 0. The van der Waals surface area contributed by atoms with Gasteiger partial charge in [-0.3, -0.25) is 4.68 Å². The molecule has 0 spiro atoms. The number of aliphatic hydroxyl groups is 1. The normalized spacial score (nSPS) is 24.9. The summed E-state index contributed by atoms with van der Waals surface area (Å²) in [6.07, 6.45) is 4.18. The van der Waals surface area contributed by atoms with Gasteiger partial charge in [0, 0.05) is 13.2 Å². The molecule has 96 valence electrons. The van der Waals surface area contributed by atoms with E-state index in [1.807, 2.05) is 4.68 Å².